The van der Waals surface area contributed by atoms with Gasteiger partial charge in [0.15, 0.2) is 5.65 Å². The first-order chi connectivity index (χ1) is 7.63. The summed E-state index contributed by atoms with van der Waals surface area (Å²) in [6, 6.07) is 3.71. The summed E-state index contributed by atoms with van der Waals surface area (Å²) >= 11 is 3.37. The highest BCUT2D eigenvalue weighted by Gasteiger charge is 2.14. The minimum Gasteiger partial charge on any atom is -0.469 e. The molecule has 0 unspecified atom stereocenters. The Kier molecular flexibility index (Phi) is 2.82. The predicted molar refractivity (Wildman–Crippen MR) is 63.0 cm³/mol. The zero-order chi connectivity index (χ0) is 11.7. The molecule has 2 N–H and O–H groups in total. The fourth-order valence-corrected chi connectivity index (χ4v) is 1.87. The number of halogens is 1. The Morgan fingerprint density at radius 3 is 3.06 bits per heavy atom. The van der Waals surface area contributed by atoms with E-state index in [0.29, 0.717) is 17.2 Å². The Morgan fingerprint density at radius 2 is 2.44 bits per heavy atom. The van der Waals surface area contributed by atoms with E-state index >= 15 is 0 Å². The maximum atomic E-state index is 11.2. The van der Waals surface area contributed by atoms with Crippen molar-refractivity contribution in [3.63, 3.8) is 0 Å². The third kappa shape index (κ3) is 1.76. The van der Waals surface area contributed by atoms with Gasteiger partial charge < -0.3 is 10.5 Å². The zero-order valence-corrected chi connectivity index (χ0v) is 10.2. The standard InChI is InChI=1S/C10H10BrN3O2/c1-16-8(15)5-7-9(12)14-4-2-3-6(11)10(14)13-7/h2-4H,5,12H2,1H3. The fraction of sp³-hybridized carbons (Fsp3) is 0.200. The normalized spacial score (nSPS) is 10.6. The van der Waals surface area contributed by atoms with E-state index in [-0.39, 0.29) is 12.4 Å². The number of fused-ring (bicyclic) bond motifs is 1. The van der Waals surface area contributed by atoms with Crippen LogP contribution in [0, 0.1) is 0 Å². The second kappa shape index (κ2) is 4.13. The van der Waals surface area contributed by atoms with E-state index in [1.165, 1.54) is 7.11 Å². The summed E-state index contributed by atoms with van der Waals surface area (Å²) < 4.78 is 7.14. The van der Waals surface area contributed by atoms with E-state index in [4.69, 9.17) is 5.73 Å². The lowest BCUT2D eigenvalue weighted by atomic mass is 10.3. The number of carbonyl (C=O) groups excluding carboxylic acids is 1. The van der Waals surface area contributed by atoms with Gasteiger partial charge in [0.05, 0.1) is 23.7 Å². The molecule has 0 bridgehead atoms. The Labute approximate surface area is 100 Å². The molecule has 2 rings (SSSR count). The molecule has 2 aromatic heterocycles. The SMILES string of the molecule is COC(=O)Cc1nc2c(Br)cccn2c1N. The molecule has 0 amide bonds. The number of nitrogens with two attached hydrogens (primary N) is 1. The fourth-order valence-electron chi connectivity index (χ4n) is 1.44. The molecule has 0 saturated carbocycles. The highest BCUT2D eigenvalue weighted by molar-refractivity contribution is 9.10. The van der Waals surface area contributed by atoms with Crippen molar-refractivity contribution < 1.29 is 9.53 Å². The molecule has 5 nitrogen and oxygen atoms in total. The quantitative estimate of drug-likeness (QED) is 0.846. The lowest BCUT2D eigenvalue weighted by Crippen LogP contribution is -2.07. The van der Waals surface area contributed by atoms with Crippen LogP contribution in [-0.2, 0) is 16.0 Å². The van der Waals surface area contributed by atoms with Crippen molar-refractivity contribution in [3.05, 3.63) is 28.5 Å². The van der Waals surface area contributed by atoms with Gasteiger partial charge in [-0.05, 0) is 28.1 Å². The number of rotatable bonds is 2. The summed E-state index contributed by atoms with van der Waals surface area (Å²) in [6.45, 7) is 0. The van der Waals surface area contributed by atoms with Crippen molar-refractivity contribution >= 4 is 33.4 Å². The maximum Gasteiger partial charge on any atom is 0.311 e. The van der Waals surface area contributed by atoms with Crippen LogP contribution in [0.15, 0.2) is 22.8 Å². The largest absolute Gasteiger partial charge is 0.469 e. The number of imidazole rings is 1. The van der Waals surface area contributed by atoms with Gasteiger partial charge in [-0.1, -0.05) is 0 Å². The number of hydrogen-bond acceptors (Lipinski definition) is 4. The van der Waals surface area contributed by atoms with Crippen LogP contribution in [0.5, 0.6) is 0 Å². The Hall–Kier alpha value is -1.56. The second-order valence-electron chi connectivity index (χ2n) is 3.25. The molecule has 0 aliphatic carbocycles. The van der Waals surface area contributed by atoms with E-state index in [1.807, 2.05) is 12.1 Å². The van der Waals surface area contributed by atoms with Gasteiger partial charge >= 0.3 is 5.97 Å². The van der Waals surface area contributed by atoms with E-state index in [0.717, 1.165) is 4.47 Å². The van der Waals surface area contributed by atoms with Crippen LogP contribution in [0.25, 0.3) is 5.65 Å². The van der Waals surface area contributed by atoms with Crippen LogP contribution in [0.3, 0.4) is 0 Å². The Morgan fingerprint density at radius 1 is 1.69 bits per heavy atom. The molecule has 0 atom stereocenters. The summed E-state index contributed by atoms with van der Waals surface area (Å²) in [4.78, 5) is 15.4. The van der Waals surface area contributed by atoms with Gasteiger partial charge in [0, 0.05) is 6.20 Å². The van der Waals surface area contributed by atoms with E-state index < -0.39 is 0 Å². The Balaban J connectivity index is 2.52. The van der Waals surface area contributed by atoms with Crippen LogP contribution >= 0.6 is 15.9 Å². The molecule has 0 fully saturated rings. The molecule has 6 heteroatoms. The summed E-state index contributed by atoms with van der Waals surface area (Å²) in [5.74, 6) is 0.105. The zero-order valence-electron chi connectivity index (χ0n) is 8.61. The third-order valence-corrected chi connectivity index (χ3v) is 2.87. The summed E-state index contributed by atoms with van der Waals surface area (Å²) in [5, 5.41) is 0. The van der Waals surface area contributed by atoms with Crippen molar-refractivity contribution in [2.24, 2.45) is 0 Å². The summed E-state index contributed by atoms with van der Waals surface area (Å²) in [7, 11) is 1.34. The first kappa shape index (κ1) is 10.9. The Bertz CT molecular complexity index is 550. The van der Waals surface area contributed by atoms with Crippen molar-refractivity contribution in [1.29, 1.82) is 0 Å². The number of anilines is 1. The number of nitrogen functional groups attached to an aromatic ring is 1. The topological polar surface area (TPSA) is 69.6 Å². The molecule has 0 radical (unpaired) electrons. The molecule has 2 aromatic rings. The van der Waals surface area contributed by atoms with Crippen LogP contribution < -0.4 is 5.73 Å². The number of hydrogen-bond donors (Lipinski definition) is 1. The molecule has 84 valence electrons. The lowest BCUT2D eigenvalue weighted by molar-refractivity contribution is -0.139. The molecule has 0 saturated heterocycles. The lowest BCUT2D eigenvalue weighted by Gasteiger charge is -1.98. The minimum absolute atomic E-state index is 0.0798. The maximum absolute atomic E-state index is 11.2. The average Bonchev–Trinajstić information content (AvgIpc) is 2.58. The van der Waals surface area contributed by atoms with Crippen LogP contribution in [0.1, 0.15) is 5.69 Å². The first-order valence-electron chi connectivity index (χ1n) is 4.61. The van der Waals surface area contributed by atoms with Crippen LogP contribution in [-0.4, -0.2) is 22.5 Å². The van der Waals surface area contributed by atoms with Gasteiger partial charge in [-0.3, -0.25) is 9.20 Å². The molecule has 2 heterocycles. The van der Waals surface area contributed by atoms with Crippen molar-refractivity contribution in [3.8, 4) is 0 Å². The summed E-state index contributed by atoms with van der Waals surface area (Å²) in [6.07, 6.45) is 1.87. The number of ether oxygens (including phenoxy) is 1. The van der Waals surface area contributed by atoms with Gasteiger partial charge in [0.1, 0.15) is 5.82 Å². The number of methoxy groups -OCH3 is 1. The second-order valence-corrected chi connectivity index (χ2v) is 4.10. The molecule has 0 aliphatic heterocycles. The monoisotopic (exact) mass is 283 g/mol. The highest BCUT2D eigenvalue weighted by Crippen LogP contribution is 2.22. The van der Waals surface area contributed by atoms with Gasteiger partial charge in [0.2, 0.25) is 0 Å². The summed E-state index contributed by atoms with van der Waals surface area (Å²) in [5.41, 5.74) is 7.10. The first-order valence-corrected chi connectivity index (χ1v) is 5.40. The molecule has 16 heavy (non-hydrogen) atoms. The van der Waals surface area contributed by atoms with Gasteiger partial charge in [-0.2, -0.15) is 0 Å². The highest BCUT2D eigenvalue weighted by atomic mass is 79.9. The molecular formula is C10H10BrN3O2. The molecule has 0 aromatic carbocycles. The van der Waals surface area contributed by atoms with Gasteiger partial charge in [-0.15, -0.1) is 0 Å². The predicted octanol–water partition coefficient (Wildman–Crippen LogP) is 1.39. The van der Waals surface area contributed by atoms with Gasteiger partial charge in [0.25, 0.3) is 0 Å². The molecule has 0 spiro atoms. The van der Waals surface area contributed by atoms with E-state index in [2.05, 4.69) is 25.7 Å². The van der Waals surface area contributed by atoms with E-state index in [1.54, 1.807) is 10.6 Å². The van der Waals surface area contributed by atoms with Crippen molar-refractivity contribution in [2.75, 3.05) is 12.8 Å². The van der Waals surface area contributed by atoms with Crippen LogP contribution in [0.2, 0.25) is 0 Å². The van der Waals surface area contributed by atoms with E-state index in [9.17, 15) is 4.79 Å². The number of pyridine rings is 1. The number of nitrogens with zero attached hydrogens (tertiary/aromatic N) is 2. The number of esters is 1. The van der Waals surface area contributed by atoms with Crippen molar-refractivity contribution in [1.82, 2.24) is 9.38 Å². The average molecular weight is 284 g/mol. The smallest absolute Gasteiger partial charge is 0.311 e. The van der Waals surface area contributed by atoms with Gasteiger partial charge in [-0.25, -0.2) is 4.98 Å². The minimum atomic E-state index is -0.355. The van der Waals surface area contributed by atoms with Crippen molar-refractivity contribution in [2.45, 2.75) is 6.42 Å². The third-order valence-electron chi connectivity index (χ3n) is 2.26. The molecule has 0 aliphatic rings. The van der Waals surface area contributed by atoms with Crippen LogP contribution in [0.4, 0.5) is 5.82 Å². The molecular weight excluding hydrogens is 274 g/mol. The number of carbonyl (C=O) groups is 1. The number of aromatic nitrogens is 2.